The number of hydrogen-bond donors (Lipinski definition) is 1. The van der Waals surface area contributed by atoms with Gasteiger partial charge in [0, 0.05) is 18.2 Å². The van der Waals surface area contributed by atoms with Gasteiger partial charge >= 0.3 is 0 Å². The number of benzene rings is 1. The van der Waals surface area contributed by atoms with Crippen LogP contribution in [0.15, 0.2) is 29.4 Å². The normalized spacial score (nSPS) is 20.3. The summed E-state index contributed by atoms with van der Waals surface area (Å²) in [6.07, 6.45) is 0. The number of rotatable bonds is 2. The molecule has 0 radical (unpaired) electrons. The first-order valence-corrected chi connectivity index (χ1v) is 4.89. The lowest BCUT2D eigenvalue weighted by molar-refractivity contribution is 0.313. The van der Waals surface area contributed by atoms with Gasteiger partial charge in [-0.1, -0.05) is 5.16 Å². The zero-order chi connectivity index (χ0) is 10.8. The van der Waals surface area contributed by atoms with Crippen LogP contribution in [0.1, 0.15) is 12.5 Å². The molecule has 1 saturated heterocycles. The molecule has 0 saturated carbocycles. The third-order valence-electron chi connectivity index (χ3n) is 2.57. The van der Waals surface area contributed by atoms with Crippen molar-refractivity contribution in [3.05, 3.63) is 29.8 Å². The fourth-order valence-corrected chi connectivity index (χ4v) is 1.55. The molecule has 1 aromatic carbocycles. The van der Waals surface area contributed by atoms with E-state index in [2.05, 4.69) is 12.1 Å². The lowest BCUT2D eigenvalue weighted by Gasteiger charge is -2.07. The van der Waals surface area contributed by atoms with Crippen molar-refractivity contribution in [1.82, 2.24) is 4.90 Å². The molecule has 80 valence electrons. The Morgan fingerprint density at radius 2 is 2.07 bits per heavy atom. The maximum Gasteiger partial charge on any atom is 0.175 e. The van der Waals surface area contributed by atoms with Gasteiger partial charge in [0.2, 0.25) is 0 Å². The van der Waals surface area contributed by atoms with Crippen LogP contribution >= 0.6 is 0 Å². The van der Waals surface area contributed by atoms with Crippen molar-refractivity contribution in [2.24, 2.45) is 5.16 Å². The van der Waals surface area contributed by atoms with Crippen LogP contribution in [0, 0.1) is 0 Å². The van der Waals surface area contributed by atoms with Gasteiger partial charge in [0.25, 0.3) is 0 Å². The van der Waals surface area contributed by atoms with Crippen LogP contribution in [0.25, 0.3) is 0 Å². The second-order valence-electron chi connectivity index (χ2n) is 3.65. The molecule has 1 aliphatic rings. The summed E-state index contributed by atoms with van der Waals surface area (Å²) >= 11 is 0. The standard InChI is InChI=1S/C11H14N2O2/c1-8-7-13(8)11(12-14)9-3-5-10(15-2)6-4-9/h3-6,8,14H,7H2,1-2H3. The topological polar surface area (TPSA) is 44.8 Å². The molecule has 1 unspecified atom stereocenters. The number of nitrogens with zero attached hydrogens (tertiary/aromatic N) is 2. The Hall–Kier alpha value is -1.71. The van der Waals surface area contributed by atoms with Crippen molar-refractivity contribution in [2.75, 3.05) is 13.7 Å². The summed E-state index contributed by atoms with van der Waals surface area (Å²) in [5.41, 5.74) is 0.905. The summed E-state index contributed by atoms with van der Waals surface area (Å²) in [5.74, 6) is 1.43. The first-order chi connectivity index (χ1) is 7.26. The first-order valence-electron chi connectivity index (χ1n) is 4.89. The second kappa shape index (κ2) is 3.81. The Kier molecular flexibility index (Phi) is 2.49. The molecule has 1 aromatic rings. The third kappa shape index (κ3) is 1.88. The molecule has 1 aliphatic heterocycles. The van der Waals surface area contributed by atoms with Crippen LogP contribution in [0.4, 0.5) is 0 Å². The van der Waals surface area contributed by atoms with Crippen LogP contribution in [0.5, 0.6) is 5.75 Å². The number of ether oxygens (including phenoxy) is 1. The first kappa shape index (κ1) is 9.83. The van der Waals surface area contributed by atoms with E-state index in [9.17, 15) is 0 Å². The minimum absolute atomic E-state index is 0.470. The molecule has 0 spiro atoms. The van der Waals surface area contributed by atoms with Crippen molar-refractivity contribution < 1.29 is 9.94 Å². The van der Waals surface area contributed by atoms with Gasteiger partial charge in [0.1, 0.15) is 5.75 Å². The number of oxime groups is 1. The van der Waals surface area contributed by atoms with E-state index in [1.54, 1.807) is 7.11 Å². The van der Waals surface area contributed by atoms with E-state index in [-0.39, 0.29) is 0 Å². The van der Waals surface area contributed by atoms with E-state index in [0.717, 1.165) is 17.9 Å². The predicted octanol–water partition coefficient (Wildman–Crippen LogP) is 1.54. The Morgan fingerprint density at radius 1 is 1.47 bits per heavy atom. The SMILES string of the molecule is COc1ccc(C(=NO)N2CC2C)cc1. The molecule has 1 fully saturated rings. The van der Waals surface area contributed by atoms with E-state index in [1.807, 2.05) is 29.2 Å². The van der Waals surface area contributed by atoms with Gasteiger partial charge in [-0.3, -0.25) is 0 Å². The quantitative estimate of drug-likeness (QED) is 0.262. The summed E-state index contributed by atoms with van der Waals surface area (Å²) in [7, 11) is 1.63. The van der Waals surface area contributed by atoms with Crippen LogP contribution in [0.3, 0.4) is 0 Å². The molecule has 4 nitrogen and oxygen atoms in total. The Morgan fingerprint density at radius 3 is 2.47 bits per heavy atom. The zero-order valence-corrected chi connectivity index (χ0v) is 8.84. The summed E-state index contributed by atoms with van der Waals surface area (Å²) in [6, 6.07) is 7.96. The molecule has 1 N–H and O–H groups in total. The minimum atomic E-state index is 0.470. The van der Waals surface area contributed by atoms with E-state index >= 15 is 0 Å². The van der Waals surface area contributed by atoms with Gasteiger partial charge in [-0.2, -0.15) is 0 Å². The van der Waals surface area contributed by atoms with Gasteiger partial charge in [-0.15, -0.1) is 0 Å². The van der Waals surface area contributed by atoms with Crippen LogP contribution < -0.4 is 4.74 Å². The van der Waals surface area contributed by atoms with Crippen molar-refractivity contribution in [3.8, 4) is 5.75 Å². The molecule has 0 aliphatic carbocycles. The fourth-order valence-electron chi connectivity index (χ4n) is 1.55. The number of methoxy groups -OCH3 is 1. The highest BCUT2D eigenvalue weighted by atomic mass is 16.5. The predicted molar refractivity (Wildman–Crippen MR) is 57.5 cm³/mol. The molecule has 0 bridgehead atoms. The molecule has 1 heterocycles. The molecule has 0 amide bonds. The lowest BCUT2D eigenvalue weighted by atomic mass is 10.2. The maximum atomic E-state index is 8.95. The minimum Gasteiger partial charge on any atom is -0.497 e. The second-order valence-corrected chi connectivity index (χ2v) is 3.65. The monoisotopic (exact) mass is 206 g/mol. The van der Waals surface area contributed by atoms with Gasteiger partial charge in [-0.25, -0.2) is 0 Å². The molecule has 1 atom stereocenters. The van der Waals surface area contributed by atoms with Crippen LogP contribution in [-0.2, 0) is 0 Å². The average Bonchev–Trinajstić information content (AvgIpc) is 2.98. The third-order valence-corrected chi connectivity index (χ3v) is 2.57. The molecule has 2 rings (SSSR count). The molecular formula is C11H14N2O2. The highest BCUT2D eigenvalue weighted by Gasteiger charge is 2.33. The zero-order valence-electron chi connectivity index (χ0n) is 8.84. The van der Waals surface area contributed by atoms with Crippen molar-refractivity contribution >= 4 is 5.84 Å². The van der Waals surface area contributed by atoms with Crippen molar-refractivity contribution in [2.45, 2.75) is 13.0 Å². The van der Waals surface area contributed by atoms with E-state index < -0.39 is 0 Å². The summed E-state index contributed by atoms with van der Waals surface area (Å²) in [5, 5.41) is 12.3. The summed E-state index contributed by atoms with van der Waals surface area (Å²) in [6.45, 7) is 3.04. The van der Waals surface area contributed by atoms with E-state index in [4.69, 9.17) is 9.94 Å². The smallest absolute Gasteiger partial charge is 0.175 e. The highest BCUT2D eigenvalue weighted by molar-refractivity contribution is 6.00. The number of hydrogen-bond acceptors (Lipinski definition) is 3. The van der Waals surface area contributed by atoms with Crippen molar-refractivity contribution in [3.63, 3.8) is 0 Å². The Balaban J connectivity index is 2.20. The molecule has 4 heteroatoms. The lowest BCUT2D eigenvalue weighted by Crippen LogP contribution is -2.14. The van der Waals surface area contributed by atoms with Gasteiger partial charge in [-0.05, 0) is 31.2 Å². The van der Waals surface area contributed by atoms with Crippen LogP contribution in [-0.4, -0.2) is 35.6 Å². The number of amidine groups is 1. The summed E-state index contributed by atoms with van der Waals surface area (Å²) in [4.78, 5) is 2.03. The average molecular weight is 206 g/mol. The van der Waals surface area contributed by atoms with Crippen LogP contribution in [0.2, 0.25) is 0 Å². The van der Waals surface area contributed by atoms with Gasteiger partial charge in [0.15, 0.2) is 5.84 Å². The van der Waals surface area contributed by atoms with E-state index in [0.29, 0.717) is 11.9 Å². The van der Waals surface area contributed by atoms with Crippen molar-refractivity contribution in [1.29, 1.82) is 0 Å². The largest absolute Gasteiger partial charge is 0.497 e. The molecule has 15 heavy (non-hydrogen) atoms. The Labute approximate surface area is 88.8 Å². The van der Waals surface area contributed by atoms with Gasteiger partial charge in [0.05, 0.1) is 7.11 Å². The maximum absolute atomic E-state index is 8.95. The fraction of sp³-hybridized carbons (Fsp3) is 0.364. The van der Waals surface area contributed by atoms with E-state index in [1.165, 1.54) is 0 Å². The molecule has 0 aromatic heterocycles. The molecular weight excluding hydrogens is 192 g/mol. The van der Waals surface area contributed by atoms with Gasteiger partial charge < -0.3 is 14.8 Å². The summed E-state index contributed by atoms with van der Waals surface area (Å²) < 4.78 is 5.06. The Bertz CT molecular complexity index is 373. The highest BCUT2D eigenvalue weighted by Crippen LogP contribution is 2.22.